The summed E-state index contributed by atoms with van der Waals surface area (Å²) in [5.41, 5.74) is 11.3. The lowest BCUT2D eigenvalue weighted by Crippen LogP contribution is -2.44. The van der Waals surface area contributed by atoms with E-state index in [1.165, 1.54) is 19.1 Å². The number of aromatic nitrogens is 1. The maximum atomic E-state index is 13.8. The number of rotatable bonds is 10. The molecule has 34 heavy (non-hydrogen) atoms. The van der Waals surface area contributed by atoms with Crippen molar-refractivity contribution in [1.29, 1.82) is 0 Å². The Morgan fingerprint density at radius 1 is 1.18 bits per heavy atom. The smallest absolute Gasteiger partial charge is 0.273 e. The zero-order valence-corrected chi connectivity index (χ0v) is 19.7. The van der Waals surface area contributed by atoms with Gasteiger partial charge in [0, 0.05) is 19.3 Å². The average Bonchev–Trinajstić information content (AvgIpc) is 3.42. The van der Waals surface area contributed by atoms with E-state index in [0.29, 0.717) is 17.2 Å². The normalized spacial score (nSPS) is 11.6. The minimum atomic E-state index is -1.20. The molecule has 0 aliphatic heterocycles. The Balaban J connectivity index is 2.14. The summed E-state index contributed by atoms with van der Waals surface area (Å²) < 4.78 is 19.9. The molecule has 0 unspecified atom stereocenters. The van der Waals surface area contributed by atoms with Crippen LogP contribution in [0.15, 0.2) is 40.8 Å². The molecule has 2 aromatic heterocycles. The number of anilines is 2. The minimum absolute atomic E-state index is 0.0393. The molecular weight excluding hydrogens is 462 g/mol. The van der Waals surface area contributed by atoms with Gasteiger partial charge in [-0.1, -0.05) is 0 Å². The summed E-state index contributed by atoms with van der Waals surface area (Å²) in [6, 6.07) is 8.63. The van der Waals surface area contributed by atoms with E-state index in [1.807, 2.05) is 0 Å². The van der Waals surface area contributed by atoms with Crippen LogP contribution in [0.5, 0.6) is 5.75 Å². The topological polar surface area (TPSA) is 163 Å². The van der Waals surface area contributed by atoms with Crippen molar-refractivity contribution >= 4 is 40.6 Å². The highest BCUT2D eigenvalue weighted by Crippen LogP contribution is 2.34. The molecule has 3 amide bonds. The molecule has 5 N–H and O–H groups in total. The van der Waals surface area contributed by atoms with Crippen molar-refractivity contribution in [3.63, 3.8) is 0 Å². The highest BCUT2D eigenvalue weighted by atomic mass is 32.1. The van der Waals surface area contributed by atoms with Crippen LogP contribution >= 0.6 is 11.5 Å². The Labute approximate surface area is 199 Å². The number of primary amides is 1. The summed E-state index contributed by atoms with van der Waals surface area (Å²) >= 11 is 0.720. The molecule has 0 aliphatic rings. The summed E-state index contributed by atoms with van der Waals surface area (Å²) in [7, 11) is 3.02. The molecule has 3 aromatic rings. The van der Waals surface area contributed by atoms with Crippen LogP contribution in [-0.2, 0) is 9.53 Å². The van der Waals surface area contributed by atoms with E-state index in [4.69, 9.17) is 25.4 Å². The van der Waals surface area contributed by atoms with E-state index in [9.17, 15) is 14.4 Å². The number of carbonyl (C=O) groups excluding carboxylic acids is 3. The second-order valence-electron chi connectivity index (χ2n) is 7.15. The molecule has 0 spiro atoms. The Morgan fingerprint density at radius 3 is 2.41 bits per heavy atom. The van der Waals surface area contributed by atoms with Gasteiger partial charge in [-0.25, -0.2) is 0 Å². The summed E-state index contributed by atoms with van der Waals surface area (Å²) in [6.07, 6.45) is 0. The first kappa shape index (κ1) is 24.7. The molecule has 11 nitrogen and oxygen atoms in total. The number of amides is 3. The summed E-state index contributed by atoms with van der Waals surface area (Å²) in [5, 5.41) is 2.75. The number of nitrogens with zero attached hydrogens (tertiary/aromatic N) is 2. The fourth-order valence-corrected chi connectivity index (χ4v) is 3.95. The largest absolute Gasteiger partial charge is 0.497 e. The Hall–Kier alpha value is -3.90. The molecule has 2 heterocycles. The van der Waals surface area contributed by atoms with Crippen molar-refractivity contribution < 1.29 is 28.3 Å². The number of nitrogen functional groups attached to an aromatic ring is 1. The lowest BCUT2D eigenvalue weighted by molar-refractivity contribution is -0.123. The van der Waals surface area contributed by atoms with Gasteiger partial charge in [0.25, 0.3) is 17.7 Å². The predicted octanol–water partition coefficient (Wildman–Crippen LogP) is 1.88. The van der Waals surface area contributed by atoms with Gasteiger partial charge in [0.2, 0.25) is 0 Å². The number of hydrogen-bond donors (Lipinski definition) is 3. The first-order valence-electron chi connectivity index (χ1n) is 10.1. The van der Waals surface area contributed by atoms with Gasteiger partial charge < -0.3 is 30.7 Å². The number of carbonyl (C=O) groups is 3. The third kappa shape index (κ3) is 5.18. The maximum absolute atomic E-state index is 13.8. The van der Waals surface area contributed by atoms with Crippen LogP contribution in [0.4, 0.5) is 11.4 Å². The Morgan fingerprint density at radius 2 is 1.88 bits per heavy atom. The van der Waals surface area contributed by atoms with E-state index in [2.05, 4.69) is 9.69 Å². The van der Waals surface area contributed by atoms with Crippen molar-refractivity contribution in [1.82, 2.24) is 9.69 Å². The standard InChI is InChI=1S/C22H25N5O6S/c1-12-4-9-15(33-12)18(21(29)25-10-11-31-2)27(13-5-7-14(32-3)8-6-13)22(30)19-16(23)17(20(24)28)26-34-19/h4-9,18H,10-11,23H2,1-3H3,(H2,24,28)(H,25,29)/t18-/m1/s1. The summed E-state index contributed by atoms with van der Waals surface area (Å²) in [5.74, 6) is -0.684. The van der Waals surface area contributed by atoms with E-state index in [0.717, 1.165) is 11.5 Å². The number of benzene rings is 1. The first-order chi connectivity index (χ1) is 16.3. The maximum Gasteiger partial charge on any atom is 0.273 e. The van der Waals surface area contributed by atoms with Gasteiger partial charge in [0.05, 0.1) is 19.4 Å². The van der Waals surface area contributed by atoms with Crippen molar-refractivity contribution in [2.24, 2.45) is 5.73 Å². The molecule has 180 valence electrons. The van der Waals surface area contributed by atoms with Gasteiger partial charge in [0.1, 0.15) is 22.1 Å². The second kappa shape index (κ2) is 10.8. The number of ether oxygens (including phenoxy) is 2. The van der Waals surface area contributed by atoms with Crippen molar-refractivity contribution in [2.75, 3.05) is 38.0 Å². The third-order valence-electron chi connectivity index (χ3n) is 4.87. The van der Waals surface area contributed by atoms with E-state index >= 15 is 0 Å². The van der Waals surface area contributed by atoms with Crippen LogP contribution in [-0.4, -0.2) is 49.5 Å². The molecule has 0 saturated heterocycles. The van der Waals surface area contributed by atoms with Gasteiger partial charge in [0.15, 0.2) is 11.7 Å². The van der Waals surface area contributed by atoms with Crippen molar-refractivity contribution in [3.8, 4) is 5.75 Å². The molecule has 0 bridgehead atoms. The summed E-state index contributed by atoms with van der Waals surface area (Å²) in [6.45, 7) is 2.21. The molecular formula is C22H25N5O6S. The monoisotopic (exact) mass is 487 g/mol. The van der Waals surface area contributed by atoms with Crippen molar-refractivity contribution in [2.45, 2.75) is 13.0 Å². The lowest BCUT2D eigenvalue weighted by Gasteiger charge is -2.29. The SMILES string of the molecule is COCCNC(=O)[C@@H](c1ccc(C)o1)N(C(=O)c1snc(C(N)=O)c1N)c1ccc(OC)cc1. The molecule has 1 aromatic carbocycles. The van der Waals surface area contributed by atoms with Gasteiger partial charge in [-0.2, -0.15) is 4.37 Å². The zero-order valence-electron chi connectivity index (χ0n) is 18.9. The lowest BCUT2D eigenvalue weighted by atomic mass is 10.1. The van der Waals surface area contributed by atoms with Crippen LogP contribution in [0.2, 0.25) is 0 Å². The number of nitrogens with two attached hydrogens (primary N) is 2. The van der Waals surface area contributed by atoms with Gasteiger partial charge in [-0.05, 0) is 54.9 Å². The second-order valence-corrected chi connectivity index (χ2v) is 7.92. The number of furan rings is 1. The van der Waals surface area contributed by atoms with Crippen LogP contribution in [0.1, 0.15) is 37.7 Å². The summed E-state index contributed by atoms with van der Waals surface area (Å²) in [4.78, 5) is 40.0. The van der Waals surface area contributed by atoms with Crippen LogP contribution < -0.4 is 26.4 Å². The van der Waals surface area contributed by atoms with Gasteiger partial charge in [-0.3, -0.25) is 19.3 Å². The van der Waals surface area contributed by atoms with Crippen LogP contribution in [0.25, 0.3) is 0 Å². The van der Waals surface area contributed by atoms with Crippen LogP contribution in [0.3, 0.4) is 0 Å². The third-order valence-corrected chi connectivity index (χ3v) is 5.72. The number of methoxy groups -OCH3 is 2. The van der Waals surface area contributed by atoms with E-state index < -0.39 is 23.8 Å². The fourth-order valence-electron chi connectivity index (χ4n) is 3.21. The van der Waals surface area contributed by atoms with Crippen LogP contribution in [0, 0.1) is 6.92 Å². The molecule has 1 atom stereocenters. The minimum Gasteiger partial charge on any atom is -0.497 e. The Bertz CT molecular complexity index is 1170. The highest BCUT2D eigenvalue weighted by Gasteiger charge is 2.37. The van der Waals surface area contributed by atoms with E-state index in [1.54, 1.807) is 43.3 Å². The number of hydrogen-bond acceptors (Lipinski definition) is 9. The predicted molar refractivity (Wildman–Crippen MR) is 126 cm³/mol. The highest BCUT2D eigenvalue weighted by molar-refractivity contribution is 7.09. The van der Waals surface area contributed by atoms with Crippen molar-refractivity contribution in [3.05, 3.63) is 58.5 Å². The average molecular weight is 488 g/mol. The molecule has 0 saturated carbocycles. The molecule has 0 aliphatic carbocycles. The molecule has 12 heteroatoms. The quantitative estimate of drug-likeness (QED) is 0.365. The first-order valence-corrected chi connectivity index (χ1v) is 10.9. The van der Waals surface area contributed by atoms with Gasteiger partial charge in [-0.15, -0.1) is 0 Å². The molecule has 3 rings (SSSR count). The Kier molecular flexibility index (Phi) is 7.87. The zero-order chi connectivity index (χ0) is 24.8. The van der Waals surface area contributed by atoms with Gasteiger partial charge >= 0.3 is 0 Å². The number of nitrogens with one attached hydrogen (secondary N) is 1. The number of aryl methyl sites for hydroxylation is 1. The van der Waals surface area contributed by atoms with E-state index in [-0.39, 0.29) is 35.2 Å². The molecule has 0 radical (unpaired) electrons. The molecule has 0 fully saturated rings. The fraction of sp³-hybridized carbons (Fsp3) is 0.273.